The molecule has 5 nitrogen and oxygen atoms in total. The summed E-state index contributed by atoms with van der Waals surface area (Å²) in [5.74, 6) is 0.326. The molecule has 1 aliphatic carbocycles. The molecular weight excluding hydrogens is 230 g/mol. The van der Waals surface area contributed by atoms with Gasteiger partial charge in [0.2, 0.25) is 0 Å². The first-order chi connectivity index (χ1) is 8.58. The van der Waals surface area contributed by atoms with Crippen molar-refractivity contribution in [2.45, 2.75) is 38.3 Å². The quantitative estimate of drug-likeness (QED) is 0.862. The van der Waals surface area contributed by atoms with Crippen molar-refractivity contribution in [3.63, 3.8) is 0 Å². The lowest BCUT2D eigenvalue weighted by Gasteiger charge is -2.18. The number of hydrogen-bond donors (Lipinski definition) is 1. The van der Waals surface area contributed by atoms with Crippen molar-refractivity contribution >= 4 is 5.69 Å². The molecule has 1 aliphatic rings. The molecule has 1 aromatic heterocycles. The molecule has 0 spiro atoms. The predicted molar refractivity (Wildman–Crippen MR) is 70.8 cm³/mol. The van der Waals surface area contributed by atoms with Crippen molar-refractivity contribution in [3.8, 4) is 0 Å². The van der Waals surface area contributed by atoms with E-state index in [9.17, 15) is 9.90 Å². The van der Waals surface area contributed by atoms with Crippen LogP contribution in [0, 0.1) is 5.92 Å². The van der Waals surface area contributed by atoms with Crippen LogP contribution in [0.15, 0.2) is 17.1 Å². The number of anilines is 1. The van der Waals surface area contributed by atoms with Crippen LogP contribution in [0.4, 0.5) is 5.69 Å². The van der Waals surface area contributed by atoms with E-state index in [4.69, 9.17) is 0 Å². The maximum atomic E-state index is 11.9. The second-order valence-electron chi connectivity index (χ2n) is 5.24. The molecule has 0 saturated heterocycles. The van der Waals surface area contributed by atoms with E-state index >= 15 is 0 Å². The molecule has 2 rings (SSSR count). The van der Waals surface area contributed by atoms with Crippen molar-refractivity contribution in [1.82, 2.24) is 9.78 Å². The van der Waals surface area contributed by atoms with Gasteiger partial charge in [-0.3, -0.25) is 4.79 Å². The van der Waals surface area contributed by atoms with Crippen LogP contribution in [0.1, 0.15) is 25.7 Å². The lowest BCUT2D eigenvalue weighted by molar-refractivity contribution is 0.0878. The van der Waals surface area contributed by atoms with Crippen LogP contribution >= 0.6 is 0 Å². The van der Waals surface area contributed by atoms with Gasteiger partial charge in [0.05, 0.1) is 24.5 Å². The Morgan fingerprint density at radius 3 is 2.72 bits per heavy atom. The summed E-state index contributed by atoms with van der Waals surface area (Å²) in [4.78, 5) is 13.7. The molecule has 0 aromatic carbocycles. The fourth-order valence-electron chi connectivity index (χ4n) is 2.47. The van der Waals surface area contributed by atoms with Crippen LogP contribution in [0.2, 0.25) is 0 Å². The Kier molecular flexibility index (Phi) is 4.01. The summed E-state index contributed by atoms with van der Waals surface area (Å²) in [6, 6.07) is 1.55. The fraction of sp³-hybridized carbons (Fsp3) is 0.692. The van der Waals surface area contributed by atoms with E-state index in [1.165, 1.54) is 17.5 Å². The SMILES string of the molecule is CN(C)c1cnn(CC(O)C2CCCC2)c(=O)c1. The zero-order valence-corrected chi connectivity index (χ0v) is 11.0. The highest BCUT2D eigenvalue weighted by molar-refractivity contribution is 5.40. The summed E-state index contributed by atoms with van der Waals surface area (Å²) in [5, 5.41) is 14.2. The minimum absolute atomic E-state index is 0.154. The van der Waals surface area contributed by atoms with Crippen LogP contribution in [-0.4, -0.2) is 35.1 Å². The molecule has 0 amide bonds. The van der Waals surface area contributed by atoms with Gasteiger partial charge in [0, 0.05) is 20.2 Å². The van der Waals surface area contributed by atoms with Gasteiger partial charge < -0.3 is 10.0 Å². The molecule has 1 heterocycles. The van der Waals surface area contributed by atoms with Crippen molar-refractivity contribution in [3.05, 3.63) is 22.6 Å². The molecule has 0 radical (unpaired) electrons. The first-order valence-corrected chi connectivity index (χ1v) is 6.50. The molecule has 100 valence electrons. The van der Waals surface area contributed by atoms with Crippen molar-refractivity contribution in [1.29, 1.82) is 0 Å². The van der Waals surface area contributed by atoms with Crippen molar-refractivity contribution in [2.75, 3.05) is 19.0 Å². The third kappa shape index (κ3) is 2.90. The van der Waals surface area contributed by atoms with Crippen LogP contribution < -0.4 is 10.5 Å². The number of nitrogens with zero attached hydrogens (tertiary/aromatic N) is 3. The smallest absolute Gasteiger partial charge is 0.268 e. The molecule has 5 heteroatoms. The Morgan fingerprint density at radius 1 is 1.50 bits per heavy atom. The summed E-state index contributed by atoms with van der Waals surface area (Å²) >= 11 is 0. The van der Waals surface area contributed by atoms with E-state index in [-0.39, 0.29) is 5.56 Å². The molecule has 0 bridgehead atoms. The van der Waals surface area contributed by atoms with Gasteiger partial charge in [0.1, 0.15) is 0 Å². The summed E-state index contributed by atoms with van der Waals surface area (Å²) in [7, 11) is 3.74. The normalized spacial score (nSPS) is 17.9. The van der Waals surface area contributed by atoms with Gasteiger partial charge in [0.15, 0.2) is 0 Å². The van der Waals surface area contributed by atoms with Crippen LogP contribution in [0.25, 0.3) is 0 Å². The second-order valence-corrected chi connectivity index (χ2v) is 5.24. The minimum atomic E-state index is -0.456. The van der Waals surface area contributed by atoms with Gasteiger partial charge in [-0.1, -0.05) is 12.8 Å². The van der Waals surface area contributed by atoms with E-state index < -0.39 is 6.10 Å². The lowest BCUT2D eigenvalue weighted by atomic mass is 10.0. The number of aliphatic hydroxyl groups excluding tert-OH is 1. The number of hydrogen-bond acceptors (Lipinski definition) is 4. The van der Waals surface area contributed by atoms with Crippen molar-refractivity contribution < 1.29 is 5.11 Å². The Labute approximate surface area is 107 Å². The Balaban J connectivity index is 2.07. The third-order valence-electron chi connectivity index (χ3n) is 3.68. The predicted octanol–water partition coefficient (Wildman–Crippen LogP) is 0.860. The average Bonchev–Trinajstić information content (AvgIpc) is 2.85. The van der Waals surface area contributed by atoms with Gasteiger partial charge in [-0.15, -0.1) is 0 Å². The van der Waals surface area contributed by atoms with Gasteiger partial charge in [-0.25, -0.2) is 4.68 Å². The van der Waals surface area contributed by atoms with E-state index in [1.807, 2.05) is 19.0 Å². The average molecular weight is 251 g/mol. The van der Waals surface area contributed by atoms with Crippen LogP contribution in [0.5, 0.6) is 0 Å². The first kappa shape index (κ1) is 13.1. The molecule has 1 fully saturated rings. The van der Waals surface area contributed by atoms with E-state index in [0.29, 0.717) is 12.5 Å². The molecule has 1 unspecified atom stereocenters. The minimum Gasteiger partial charge on any atom is -0.391 e. The highest BCUT2D eigenvalue weighted by Crippen LogP contribution is 2.28. The van der Waals surface area contributed by atoms with Gasteiger partial charge >= 0.3 is 0 Å². The zero-order valence-electron chi connectivity index (χ0n) is 11.0. The Morgan fingerprint density at radius 2 is 2.17 bits per heavy atom. The van der Waals surface area contributed by atoms with Crippen LogP contribution in [0.3, 0.4) is 0 Å². The number of aliphatic hydroxyl groups is 1. The van der Waals surface area contributed by atoms with Gasteiger partial charge in [-0.05, 0) is 18.8 Å². The molecule has 1 aromatic rings. The second kappa shape index (κ2) is 5.52. The highest BCUT2D eigenvalue weighted by atomic mass is 16.3. The topological polar surface area (TPSA) is 58.4 Å². The summed E-state index contributed by atoms with van der Waals surface area (Å²) in [6.07, 6.45) is 5.69. The highest BCUT2D eigenvalue weighted by Gasteiger charge is 2.23. The maximum absolute atomic E-state index is 11.9. The largest absolute Gasteiger partial charge is 0.391 e. The lowest BCUT2D eigenvalue weighted by Crippen LogP contribution is -2.32. The summed E-state index contributed by atoms with van der Waals surface area (Å²) < 4.78 is 1.36. The van der Waals surface area contributed by atoms with E-state index in [1.54, 1.807) is 12.3 Å². The van der Waals surface area contributed by atoms with Crippen LogP contribution in [-0.2, 0) is 6.54 Å². The number of aromatic nitrogens is 2. The zero-order chi connectivity index (χ0) is 13.1. The van der Waals surface area contributed by atoms with E-state index in [0.717, 1.165) is 18.5 Å². The Bertz CT molecular complexity index is 450. The summed E-state index contributed by atoms with van der Waals surface area (Å²) in [5.41, 5.74) is 0.629. The molecule has 1 N–H and O–H groups in total. The summed E-state index contributed by atoms with van der Waals surface area (Å²) in [6.45, 7) is 0.303. The molecule has 18 heavy (non-hydrogen) atoms. The molecule has 1 saturated carbocycles. The monoisotopic (exact) mass is 251 g/mol. The first-order valence-electron chi connectivity index (χ1n) is 6.50. The van der Waals surface area contributed by atoms with E-state index in [2.05, 4.69) is 5.10 Å². The maximum Gasteiger partial charge on any atom is 0.268 e. The fourth-order valence-corrected chi connectivity index (χ4v) is 2.47. The standard InChI is InChI=1S/C13H21N3O2/c1-15(2)11-7-13(18)16(14-8-11)9-12(17)10-5-3-4-6-10/h7-8,10,12,17H,3-6,9H2,1-2H3. The number of rotatable bonds is 4. The molecule has 1 atom stereocenters. The molecular formula is C13H21N3O2. The van der Waals surface area contributed by atoms with Gasteiger partial charge in [-0.2, -0.15) is 5.10 Å². The molecule has 0 aliphatic heterocycles. The Hall–Kier alpha value is -1.36. The third-order valence-corrected chi connectivity index (χ3v) is 3.68. The van der Waals surface area contributed by atoms with Gasteiger partial charge in [0.25, 0.3) is 5.56 Å². The van der Waals surface area contributed by atoms with Crippen molar-refractivity contribution in [2.24, 2.45) is 5.92 Å².